The third-order valence-electron chi connectivity index (χ3n) is 2.71. The van der Waals surface area contributed by atoms with Crippen LogP contribution in [-0.2, 0) is 7.05 Å². The minimum Gasteiger partial charge on any atom is -0.319 e. The van der Waals surface area contributed by atoms with Gasteiger partial charge in [0.1, 0.15) is 5.69 Å². The highest BCUT2D eigenvalue weighted by atomic mass is 79.9. The van der Waals surface area contributed by atoms with Gasteiger partial charge in [-0.3, -0.25) is 4.79 Å². The monoisotopic (exact) mass is 274 g/mol. The van der Waals surface area contributed by atoms with E-state index in [1.165, 1.54) is 4.68 Å². The molecule has 2 N–H and O–H groups in total. The molecule has 0 aliphatic heterocycles. The summed E-state index contributed by atoms with van der Waals surface area (Å²) in [4.78, 5) is 12.2. The highest BCUT2D eigenvalue weighted by Crippen LogP contribution is 2.22. The van der Waals surface area contributed by atoms with Gasteiger partial charge in [0, 0.05) is 7.05 Å². The maximum atomic E-state index is 12.2. The van der Waals surface area contributed by atoms with Gasteiger partial charge in [-0.2, -0.15) is 0 Å². The Morgan fingerprint density at radius 3 is 2.40 bits per heavy atom. The number of carbonyl (C=O) groups is 1. The van der Waals surface area contributed by atoms with Crippen molar-refractivity contribution < 1.29 is 4.79 Å². The minimum absolute atomic E-state index is 0.119. The predicted molar refractivity (Wildman–Crippen MR) is 60.5 cm³/mol. The van der Waals surface area contributed by atoms with Gasteiger partial charge in [0.05, 0.1) is 5.54 Å². The van der Waals surface area contributed by atoms with Crippen LogP contribution in [0.2, 0.25) is 0 Å². The van der Waals surface area contributed by atoms with Crippen LogP contribution in [0, 0.1) is 0 Å². The summed E-state index contributed by atoms with van der Waals surface area (Å²) in [5.41, 5.74) is 5.64. The molecular formula is C9H15BrN4O. The van der Waals surface area contributed by atoms with Crippen molar-refractivity contribution >= 4 is 21.7 Å². The second-order valence-electron chi connectivity index (χ2n) is 3.54. The molecule has 1 rings (SSSR count). The van der Waals surface area contributed by atoms with Gasteiger partial charge >= 0.3 is 0 Å². The molecule has 15 heavy (non-hydrogen) atoms. The van der Waals surface area contributed by atoms with Gasteiger partial charge in [-0.25, -0.2) is 4.68 Å². The van der Waals surface area contributed by atoms with Crippen LogP contribution in [-0.4, -0.2) is 26.3 Å². The van der Waals surface area contributed by atoms with Gasteiger partial charge in [-0.15, -0.1) is 5.10 Å². The maximum absolute atomic E-state index is 12.2. The van der Waals surface area contributed by atoms with E-state index in [1.54, 1.807) is 7.05 Å². The summed E-state index contributed by atoms with van der Waals surface area (Å²) in [6.07, 6.45) is 1.19. The first kappa shape index (κ1) is 12.3. The SMILES string of the molecule is CCC(N)(CC)C(=O)c1c(Br)nnn1C. The van der Waals surface area contributed by atoms with Gasteiger partial charge < -0.3 is 5.73 Å². The Morgan fingerprint density at radius 1 is 1.53 bits per heavy atom. The molecule has 1 heterocycles. The van der Waals surface area contributed by atoms with E-state index in [0.29, 0.717) is 23.1 Å². The average Bonchev–Trinajstić information content (AvgIpc) is 2.56. The van der Waals surface area contributed by atoms with E-state index in [2.05, 4.69) is 26.2 Å². The predicted octanol–water partition coefficient (Wildman–Crippen LogP) is 1.28. The number of carbonyl (C=O) groups excluding carboxylic acids is 1. The zero-order chi connectivity index (χ0) is 11.6. The molecule has 6 heteroatoms. The maximum Gasteiger partial charge on any atom is 0.203 e. The Labute approximate surface area is 97.2 Å². The number of halogens is 1. The van der Waals surface area contributed by atoms with Crippen molar-refractivity contribution in [2.45, 2.75) is 32.2 Å². The van der Waals surface area contributed by atoms with Crippen molar-refractivity contribution in [2.75, 3.05) is 0 Å². The molecule has 0 aromatic carbocycles. The van der Waals surface area contributed by atoms with Gasteiger partial charge in [0.25, 0.3) is 0 Å². The molecule has 0 aliphatic carbocycles. The number of rotatable bonds is 4. The third kappa shape index (κ3) is 2.10. The fraction of sp³-hybridized carbons (Fsp3) is 0.667. The number of aromatic nitrogens is 3. The molecule has 0 saturated carbocycles. The van der Waals surface area contributed by atoms with Crippen LogP contribution >= 0.6 is 15.9 Å². The number of nitrogens with two attached hydrogens (primary N) is 1. The lowest BCUT2D eigenvalue weighted by atomic mass is 9.88. The summed E-state index contributed by atoms with van der Waals surface area (Å²) in [5, 5.41) is 7.54. The summed E-state index contributed by atoms with van der Waals surface area (Å²) >= 11 is 3.20. The summed E-state index contributed by atoms with van der Waals surface area (Å²) in [5.74, 6) is -0.119. The standard InChI is InChI=1S/C9H15BrN4O/c1-4-9(11,5-2)7(15)6-8(10)12-13-14(6)3/h4-5,11H2,1-3H3. The van der Waals surface area contributed by atoms with Crippen molar-refractivity contribution in [3.8, 4) is 0 Å². The molecule has 1 aromatic heterocycles. The lowest BCUT2D eigenvalue weighted by Gasteiger charge is -2.24. The molecule has 0 fully saturated rings. The fourth-order valence-electron chi connectivity index (χ4n) is 1.38. The normalized spacial score (nSPS) is 11.8. The highest BCUT2D eigenvalue weighted by Gasteiger charge is 2.34. The average molecular weight is 275 g/mol. The van der Waals surface area contributed by atoms with Crippen molar-refractivity contribution in [2.24, 2.45) is 12.8 Å². The smallest absolute Gasteiger partial charge is 0.203 e. The first-order valence-electron chi connectivity index (χ1n) is 4.85. The number of Topliss-reactive ketones (excluding diaryl/α,β-unsaturated/α-hetero) is 1. The number of hydrogen-bond acceptors (Lipinski definition) is 4. The van der Waals surface area contributed by atoms with E-state index < -0.39 is 5.54 Å². The molecule has 0 saturated heterocycles. The molecule has 84 valence electrons. The molecule has 0 bridgehead atoms. The van der Waals surface area contributed by atoms with E-state index in [9.17, 15) is 4.79 Å². The molecular weight excluding hydrogens is 260 g/mol. The Hall–Kier alpha value is -0.750. The van der Waals surface area contributed by atoms with Crippen molar-refractivity contribution in [3.63, 3.8) is 0 Å². The first-order chi connectivity index (χ1) is 6.96. The summed E-state index contributed by atoms with van der Waals surface area (Å²) in [6, 6.07) is 0. The van der Waals surface area contributed by atoms with Crippen LogP contribution in [0.15, 0.2) is 4.60 Å². The Kier molecular flexibility index (Phi) is 3.62. The van der Waals surface area contributed by atoms with Crippen molar-refractivity contribution in [3.05, 3.63) is 10.3 Å². The minimum atomic E-state index is -0.821. The quantitative estimate of drug-likeness (QED) is 0.840. The number of aryl methyl sites for hydroxylation is 1. The van der Waals surface area contributed by atoms with Crippen LogP contribution in [0.5, 0.6) is 0 Å². The van der Waals surface area contributed by atoms with Gasteiger partial charge in [-0.1, -0.05) is 19.1 Å². The number of hydrogen-bond donors (Lipinski definition) is 1. The topological polar surface area (TPSA) is 73.8 Å². The largest absolute Gasteiger partial charge is 0.319 e. The van der Waals surface area contributed by atoms with E-state index in [1.807, 2.05) is 13.8 Å². The molecule has 0 radical (unpaired) electrons. The summed E-state index contributed by atoms with van der Waals surface area (Å²) in [7, 11) is 1.68. The first-order valence-corrected chi connectivity index (χ1v) is 5.64. The van der Waals surface area contributed by atoms with E-state index in [-0.39, 0.29) is 5.78 Å². The highest BCUT2D eigenvalue weighted by molar-refractivity contribution is 9.10. The van der Waals surface area contributed by atoms with E-state index in [0.717, 1.165) is 0 Å². The fourth-order valence-corrected chi connectivity index (χ4v) is 1.89. The molecule has 0 amide bonds. The molecule has 1 aromatic rings. The summed E-state index contributed by atoms with van der Waals surface area (Å²) < 4.78 is 1.89. The van der Waals surface area contributed by atoms with Gasteiger partial charge in [-0.05, 0) is 28.8 Å². The van der Waals surface area contributed by atoms with E-state index >= 15 is 0 Å². The zero-order valence-corrected chi connectivity index (χ0v) is 10.7. The van der Waals surface area contributed by atoms with Crippen LogP contribution in [0.4, 0.5) is 0 Å². The Bertz CT molecular complexity index is 351. The number of nitrogens with zero attached hydrogens (tertiary/aromatic N) is 3. The Balaban J connectivity index is 3.14. The van der Waals surface area contributed by atoms with E-state index in [4.69, 9.17) is 5.73 Å². The molecule has 0 unspecified atom stereocenters. The lowest BCUT2D eigenvalue weighted by molar-refractivity contribution is 0.0868. The molecule has 0 atom stereocenters. The second-order valence-corrected chi connectivity index (χ2v) is 4.30. The lowest BCUT2D eigenvalue weighted by Crippen LogP contribution is -2.47. The van der Waals surface area contributed by atoms with Gasteiger partial charge in [0.15, 0.2) is 4.60 Å². The molecule has 0 aliphatic rings. The van der Waals surface area contributed by atoms with Crippen LogP contribution < -0.4 is 5.73 Å². The van der Waals surface area contributed by atoms with Crippen molar-refractivity contribution in [1.82, 2.24) is 15.0 Å². The zero-order valence-electron chi connectivity index (χ0n) is 9.12. The summed E-state index contributed by atoms with van der Waals surface area (Å²) in [6.45, 7) is 3.80. The van der Waals surface area contributed by atoms with Crippen molar-refractivity contribution in [1.29, 1.82) is 0 Å². The van der Waals surface area contributed by atoms with Crippen LogP contribution in [0.1, 0.15) is 37.2 Å². The van der Waals surface area contributed by atoms with Crippen LogP contribution in [0.3, 0.4) is 0 Å². The van der Waals surface area contributed by atoms with Crippen LogP contribution in [0.25, 0.3) is 0 Å². The second kappa shape index (κ2) is 4.40. The third-order valence-corrected chi connectivity index (χ3v) is 3.25. The Morgan fingerprint density at radius 2 is 2.07 bits per heavy atom. The molecule has 0 spiro atoms. The number of ketones is 1. The van der Waals surface area contributed by atoms with Gasteiger partial charge in [0.2, 0.25) is 5.78 Å². The molecule has 5 nitrogen and oxygen atoms in total.